The Bertz CT molecular complexity index is 477. The average Bonchev–Trinajstić information content (AvgIpc) is 2.42. The Morgan fingerprint density at radius 2 is 1.63 bits per heavy atom. The minimum absolute atomic E-state index is 0.0968. The zero-order valence-electron chi connectivity index (χ0n) is 9.94. The van der Waals surface area contributed by atoms with Gasteiger partial charge in [0.1, 0.15) is 13.2 Å². The van der Waals surface area contributed by atoms with Crippen molar-refractivity contribution in [2.45, 2.75) is 0 Å². The number of hydrogen-bond donors (Lipinski definition) is 1. The highest BCUT2D eigenvalue weighted by atomic mass is 16.6. The van der Waals surface area contributed by atoms with Crippen molar-refractivity contribution in [3.05, 3.63) is 48.0 Å². The lowest BCUT2D eigenvalue weighted by molar-refractivity contribution is -0.139. The Balaban J connectivity index is 2.23. The van der Waals surface area contributed by atoms with Crippen LogP contribution in [0.1, 0.15) is 10.4 Å². The summed E-state index contributed by atoms with van der Waals surface area (Å²) in [5, 5.41) is 8.27. The van der Waals surface area contributed by atoms with Crippen LogP contribution < -0.4 is 0 Å². The standard InChI is InChI=1S/C13H12O6/c14-11(15)6-7-12(16)18-8-9-19-13(17)10-4-2-1-3-5-10/h1-7H,8-9H2,(H,14,15). The van der Waals surface area contributed by atoms with E-state index in [0.29, 0.717) is 11.6 Å². The predicted octanol–water partition coefficient (Wildman–Crippen LogP) is 1.03. The molecule has 0 saturated heterocycles. The highest BCUT2D eigenvalue weighted by molar-refractivity contribution is 5.91. The van der Waals surface area contributed by atoms with Gasteiger partial charge in [-0.15, -0.1) is 0 Å². The molecule has 0 atom stereocenters. The van der Waals surface area contributed by atoms with Crippen molar-refractivity contribution in [1.29, 1.82) is 0 Å². The van der Waals surface area contributed by atoms with Crippen LogP contribution in [-0.4, -0.2) is 36.2 Å². The number of benzene rings is 1. The Kier molecular flexibility index (Phi) is 5.81. The van der Waals surface area contributed by atoms with E-state index in [-0.39, 0.29) is 13.2 Å². The van der Waals surface area contributed by atoms with Crippen LogP contribution in [0, 0.1) is 0 Å². The number of carboxylic acids is 1. The molecule has 0 saturated carbocycles. The van der Waals surface area contributed by atoms with Crippen molar-refractivity contribution in [3.8, 4) is 0 Å². The zero-order chi connectivity index (χ0) is 14.1. The fourth-order valence-electron chi connectivity index (χ4n) is 1.12. The number of ether oxygens (including phenoxy) is 2. The molecule has 0 radical (unpaired) electrons. The Hall–Kier alpha value is -2.63. The molecule has 6 nitrogen and oxygen atoms in total. The van der Waals surface area contributed by atoms with Crippen molar-refractivity contribution < 1.29 is 29.0 Å². The minimum atomic E-state index is -1.24. The van der Waals surface area contributed by atoms with E-state index >= 15 is 0 Å². The Morgan fingerprint density at radius 1 is 1.00 bits per heavy atom. The van der Waals surface area contributed by atoms with Gasteiger partial charge in [0.15, 0.2) is 0 Å². The number of esters is 2. The maximum atomic E-state index is 11.4. The maximum Gasteiger partial charge on any atom is 0.338 e. The molecule has 0 aliphatic heterocycles. The lowest BCUT2D eigenvalue weighted by atomic mass is 10.2. The number of hydrogen-bond acceptors (Lipinski definition) is 5. The summed E-state index contributed by atoms with van der Waals surface area (Å²) in [4.78, 5) is 32.5. The fourth-order valence-corrected chi connectivity index (χ4v) is 1.12. The van der Waals surface area contributed by atoms with Crippen molar-refractivity contribution in [2.24, 2.45) is 0 Å². The Morgan fingerprint density at radius 3 is 2.26 bits per heavy atom. The first kappa shape index (κ1) is 14.4. The third-order valence-electron chi connectivity index (χ3n) is 1.93. The molecule has 1 aromatic rings. The van der Waals surface area contributed by atoms with Gasteiger partial charge in [0.2, 0.25) is 0 Å². The summed E-state index contributed by atoms with van der Waals surface area (Å²) in [5.41, 5.74) is 0.402. The molecule has 0 heterocycles. The number of carbonyl (C=O) groups excluding carboxylic acids is 2. The topological polar surface area (TPSA) is 89.9 Å². The minimum Gasteiger partial charge on any atom is -0.478 e. The molecular formula is C13H12O6. The lowest BCUT2D eigenvalue weighted by Crippen LogP contribution is -2.13. The predicted molar refractivity (Wildman–Crippen MR) is 64.5 cm³/mol. The van der Waals surface area contributed by atoms with Crippen molar-refractivity contribution in [3.63, 3.8) is 0 Å². The summed E-state index contributed by atoms with van der Waals surface area (Å²) in [6, 6.07) is 8.38. The normalized spacial score (nSPS) is 10.1. The molecule has 0 bridgehead atoms. The molecule has 100 valence electrons. The third kappa shape index (κ3) is 6.02. The second-order valence-corrected chi connectivity index (χ2v) is 3.34. The SMILES string of the molecule is O=C(O)C=CC(=O)OCCOC(=O)c1ccccc1. The van der Waals surface area contributed by atoms with E-state index in [4.69, 9.17) is 9.84 Å². The van der Waals surface area contributed by atoms with E-state index in [2.05, 4.69) is 4.74 Å². The molecule has 0 aliphatic rings. The van der Waals surface area contributed by atoms with Gasteiger partial charge in [0.25, 0.3) is 0 Å². The number of rotatable bonds is 6. The fraction of sp³-hybridized carbons (Fsp3) is 0.154. The van der Waals surface area contributed by atoms with Gasteiger partial charge in [0.05, 0.1) is 5.56 Å². The van der Waals surface area contributed by atoms with Crippen LogP contribution in [0.25, 0.3) is 0 Å². The molecule has 0 aromatic heterocycles. The van der Waals surface area contributed by atoms with Crippen LogP contribution in [0.15, 0.2) is 42.5 Å². The van der Waals surface area contributed by atoms with Crippen LogP contribution >= 0.6 is 0 Å². The van der Waals surface area contributed by atoms with Crippen LogP contribution in [0.2, 0.25) is 0 Å². The van der Waals surface area contributed by atoms with E-state index in [0.717, 1.165) is 6.08 Å². The quantitative estimate of drug-likeness (QED) is 0.469. The average molecular weight is 264 g/mol. The smallest absolute Gasteiger partial charge is 0.338 e. The van der Waals surface area contributed by atoms with E-state index in [1.54, 1.807) is 30.3 Å². The molecule has 0 aliphatic carbocycles. The van der Waals surface area contributed by atoms with Crippen LogP contribution in [-0.2, 0) is 19.1 Å². The summed E-state index contributed by atoms with van der Waals surface area (Å²) in [6.45, 7) is -0.234. The maximum absolute atomic E-state index is 11.4. The number of aliphatic carboxylic acids is 1. The third-order valence-corrected chi connectivity index (χ3v) is 1.93. The van der Waals surface area contributed by atoms with Gasteiger partial charge in [0, 0.05) is 12.2 Å². The molecule has 0 spiro atoms. The zero-order valence-corrected chi connectivity index (χ0v) is 9.94. The van der Waals surface area contributed by atoms with E-state index in [9.17, 15) is 14.4 Å². The second kappa shape index (κ2) is 7.65. The molecule has 0 unspecified atom stereocenters. The Labute approximate surface area is 109 Å². The van der Waals surface area contributed by atoms with E-state index < -0.39 is 17.9 Å². The summed E-state index contributed by atoms with van der Waals surface area (Å²) in [7, 11) is 0. The molecule has 1 rings (SSSR count). The van der Waals surface area contributed by atoms with E-state index in [1.807, 2.05) is 0 Å². The molecule has 1 aromatic carbocycles. The van der Waals surface area contributed by atoms with Gasteiger partial charge in [-0.1, -0.05) is 18.2 Å². The molecule has 6 heteroatoms. The van der Waals surface area contributed by atoms with Gasteiger partial charge >= 0.3 is 17.9 Å². The van der Waals surface area contributed by atoms with Gasteiger partial charge in [-0.2, -0.15) is 0 Å². The first-order valence-corrected chi connectivity index (χ1v) is 5.39. The van der Waals surface area contributed by atoms with Crippen molar-refractivity contribution in [1.82, 2.24) is 0 Å². The summed E-state index contributed by atoms with van der Waals surface area (Å²) >= 11 is 0. The summed E-state index contributed by atoms with van der Waals surface area (Å²) in [6.07, 6.45) is 1.44. The number of carboxylic acid groups (broad SMARTS) is 1. The first-order chi connectivity index (χ1) is 9.09. The second-order valence-electron chi connectivity index (χ2n) is 3.34. The van der Waals surface area contributed by atoms with Crippen LogP contribution in [0.4, 0.5) is 0 Å². The summed E-state index contributed by atoms with van der Waals surface area (Å²) < 4.78 is 9.46. The summed E-state index contributed by atoms with van der Waals surface area (Å²) in [5.74, 6) is -2.57. The molecule has 1 N–H and O–H groups in total. The van der Waals surface area contributed by atoms with Crippen molar-refractivity contribution >= 4 is 17.9 Å². The van der Waals surface area contributed by atoms with Gasteiger partial charge < -0.3 is 14.6 Å². The molecular weight excluding hydrogens is 252 g/mol. The molecule has 19 heavy (non-hydrogen) atoms. The van der Waals surface area contributed by atoms with Crippen LogP contribution in [0.3, 0.4) is 0 Å². The highest BCUT2D eigenvalue weighted by Gasteiger charge is 2.06. The number of carbonyl (C=O) groups is 3. The van der Waals surface area contributed by atoms with Gasteiger partial charge in [-0.05, 0) is 12.1 Å². The van der Waals surface area contributed by atoms with Crippen LogP contribution in [0.5, 0.6) is 0 Å². The van der Waals surface area contributed by atoms with Gasteiger partial charge in [-0.25, -0.2) is 14.4 Å². The lowest BCUT2D eigenvalue weighted by Gasteiger charge is -2.04. The monoisotopic (exact) mass is 264 g/mol. The largest absolute Gasteiger partial charge is 0.478 e. The molecule has 0 amide bonds. The molecule has 0 fully saturated rings. The first-order valence-electron chi connectivity index (χ1n) is 5.39. The van der Waals surface area contributed by atoms with Crippen molar-refractivity contribution in [2.75, 3.05) is 13.2 Å². The van der Waals surface area contributed by atoms with E-state index in [1.165, 1.54) is 0 Å². The van der Waals surface area contributed by atoms with Gasteiger partial charge in [-0.3, -0.25) is 0 Å². The highest BCUT2D eigenvalue weighted by Crippen LogP contribution is 2.00.